The van der Waals surface area contributed by atoms with Gasteiger partial charge < -0.3 is 19.0 Å². The predicted octanol–water partition coefficient (Wildman–Crippen LogP) is 11.0. The molecule has 4 heterocycles. The number of aromatic nitrogens is 3. The number of rotatable bonds is 3. The molecule has 0 spiro atoms. The van der Waals surface area contributed by atoms with E-state index >= 15 is 0 Å². The van der Waals surface area contributed by atoms with Crippen molar-refractivity contribution >= 4 is 43.7 Å². The quantitative estimate of drug-likeness (QED) is 0.167. The number of aryl methyl sites for hydroxylation is 2. The van der Waals surface area contributed by atoms with Crippen LogP contribution in [0.5, 0.6) is 0 Å². The fraction of sp³-hybridized carbons (Fsp3) is 0.0909. The SMILES string of the molecule is [Ir].[c-]1ccc2c(oc3ccccc32)c1-c1cc2c(cn1)c1c3c(ccc1n2-c1ccccc1)CCCC3.[c-]1ccccc1-c1ccccn1. The van der Waals surface area contributed by atoms with Gasteiger partial charge in [0.25, 0.3) is 0 Å². The van der Waals surface area contributed by atoms with Crippen molar-refractivity contribution in [3.63, 3.8) is 0 Å². The molecule has 0 atom stereocenters. The molecule has 0 fully saturated rings. The number of fused-ring (bicyclic) bond motifs is 8. The van der Waals surface area contributed by atoms with Gasteiger partial charge in [-0.15, -0.1) is 54.1 Å². The fourth-order valence-electron chi connectivity index (χ4n) is 7.20. The zero-order valence-electron chi connectivity index (χ0n) is 26.7. The maximum atomic E-state index is 6.32. The Hall–Kier alpha value is -5.35. The van der Waals surface area contributed by atoms with E-state index in [1.54, 1.807) is 6.20 Å². The maximum absolute atomic E-state index is 6.32. The molecule has 4 nitrogen and oxygen atoms in total. The number of pyridine rings is 2. The molecule has 0 saturated heterocycles. The van der Waals surface area contributed by atoms with Gasteiger partial charge in [0.05, 0.1) is 11.1 Å². The molecule has 0 bridgehead atoms. The molecule has 0 N–H and O–H groups in total. The van der Waals surface area contributed by atoms with E-state index in [0.29, 0.717) is 0 Å². The minimum atomic E-state index is 0. The maximum Gasteiger partial charge on any atom is 0.120 e. The summed E-state index contributed by atoms with van der Waals surface area (Å²) in [5.74, 6) is 0. The van der Waals surface area contributed by atoms with Gasteiger partial charge in [-0.3, -0.25) is 0 Å². The van der Waals surface area contributed by atoms with Gasteiger partial charge in [0.1, 0.15) is 5.58 Å². The summed E-state index contributed by atoms with van der Waals surface area (Å²) >= 11 is 0. The molecule has 0 unspecified atom stereocenters. The summed E-state index contributed by atoms with van der Waals surface area (Å²) in [6.45, 7) is 0. The van der Waals surface area contributed by atoms with Gasteiger partial charge in [-0.25, -0.2) is 0 Å². The number of hydrogen-bond donors (Lipinski definition) is 0. The first-order valence-corrected chi connectivity index (χ1v) is 16.5. The molecule has 1 aliphatic carbocycles. The minimum absolute atomic E-state index is 0. The molecule has 239 valence electrons. The van der Waals surface area contributed by atoms with Crippen LogP contribution in [0.3, 0.4) is 0 Å². The van der Waals surface area contributed by atoms with Gasteiger partial charge in [0.2, 0.25) is 0 Å². The van der Waals surface area contributed by atoms with Crippen LogP contribution in [-0.4, -0.2) is 14.5 Å². The third-order valence-electron chi connectivity index (χ3n) is 9.40. The van der Waals surface area contributed by atoms with Gasteiger partial charge >= 0.3 is 0 Å². The van der Waals surface area contributed by atoms with E-state index < -0.39 is 0 Å². The Morgan fingerprint density at radius 1 is 0.633 bits per heavy atom. The van der Waals surface area contributed by atoms with Crippen LogP contribution < -0.4 is 0 Å². The molecule has 49 heavy (non-hydrogen) atoms. The first kappa shape index (κ1) is 30.9. The second-order valence-electron chi connectivity index (χ2n) is 12.2. The van der Waals surface area contributed by atoms with Crippen LogP contribution in [0.4, 0.5) is 0 Å². The molecule has 9 aromatic rings. The Kier molecular flexibility index (Phi) is 8.39. The topological polar surface area (TPSA) is 43.9 Å². The van der Waals surface area contributed by atoms with Gasteiger partial charge in [-0.05, 0) is 78.5 Å². The summed E-state index contributed by atoms with van der Waals surface area (Å²) in [4.78, 5) is 9.22. The van der Waals surface area contributed by atoms with Gasteiger partial charge in [-0.1, -0.05) is 71.6 Å². The first-order chi connectivity index (χ1) is 23.8. The summed E-state index contributed by atoms with van der Waals surface area (Å²) in [7, 11) is 0. The summed E-state index contributed by atoms with van der Waals surface area (Å²) in [5.41, 5.74) is 12.1. The van der Waals surface area contributed by atoms with Crippen molar-refractivity contribution in [3.05, 3.63) is 163 Å². The van der Waals surface area contributed by atoms with Crippen LogP contribution in [0.15, 0.2) is 144 Å². The molecule has 10 rings (SSSR count). The Bertz CT molecular complexity index is 2520. The summed E-state index contributed by atoms with van der Waals surface area (Å²) < 4.78 is 8.71. The van der Waals surface area contributed by atoms with Crippen molar-refractivity contribution in [1.82, 2.24) is 14.5 Å². The average molecular weight is 810 g/mol. The van der Waals surface area contributed by atoms with Crippen LogP contribution in [0.1, 0.15) is 24.0 Å². The zero-order valence-corrected chi connectivity index (χ0v) is 29.1. The van der Waals surface area contributed by atoms with Crippen LogP contribution in [0.2, 0.25) is 0 Å². The fourth-order valence-corrected chi connectivity index (χ4v) is 7.20. The number of benzene rings is 5. The molecule has 0 amide bonds. The molecule has 0 saturated carbocycles. The molecular weight excluding hydrogens is 779 g/mol. The van der Waals surface area contributed by atoms with Crippen molar-refractivity contribution in [1.29, 1.82) is 0 Å². The Morgan fingerprint density at radius 2 is 1.47 bits per heavy atom. The van der Waals surface area contributed by atoms with Crippen LogP contribution >= 0.6 is 0 Å². The van der Waals surface area contributed by atoms with E-state index in [-0.39, 0.29) is 20.1 Å². The smallest absolute Gasteiger partial charge is 0.120 e. The molecular formula is C44H31IrN3O-2. The number of para-hydroxylation sites is 2. The predicted molar refractivity (Wildman–Crippen MR) is 195 cm³/mol. The zero-order chi connectivity index (χ0) is 31.9. The summed E-state index contributed by atoms with van der Waals surface area (Å²) in [5, 5.41) is 4.79. The van der Waals surface area contributed by atoms with E-state index in [2.05, 4.69) is 94.6 Å². The minimum Gasteiger partial charge on any atom is -0.501 e. The van der Waals surface area contributed by atoms with E-state index in [4.69, 9.17) is 9.40 Å². The first-order valence-electron chi connectivity index (χ1n) is 16.5. The van der Waals surface area contributed by atoms with Crippen molar-refractivity contribution in [2.45, 2.75) is 25.7 Å². The van der Waals surface area contributed by atoms with Gasteiger partial charge in [0.15, 0.2) is 0 Å². The van der Waals surface area contributed by atoms with Gasteiger partial charge in [0, 0.05) is 59.9 Å². The van der Waals surface area contributed by atoms with Crippen LogP contribution in [0, 0.1) is 12.1 Å². The summed E-state index contributed by atoms with van der Waals surface area (Å²) in [6, 6.07) is 50.0. The van der Waals surface area contributed by atoms with Gasteiger partial charge in [-0.2, -0.15) is 0 Å². The van der Waals surface area contributed by atoms with E-state index in [1.165, 1.54) is 45.8 Å². The second-order valence-corrected chi connectivity index (χ2v) is 12.2. The largest absolute Gasteiger partial charge is 0.501 e. The molecule has 5 heteroatoms. The Morgan fingerprint density at radius 3 is 2.33 bits per heavy atom. The van der Waals surface area contributed by atoms with E-state index in [1.807, 2.05) is 60.7 Å². The third kappa shape index (κ3) is 5.55. The monoisotopic (exact) mass is 810 g/mol. The number of hydrogen-bond acceptors (Lipinski definition) is 3. The van der Waals surface area contributed by atoms with Crippen molar-refractivity contribution in [2.75, 3.05) is 0 Å². The molecule has 0 aliphatic heterocycles. The number of furan rings is 1. The molecule has 1 radical (unpaired) electrons. The number of nitrogens with zero attached hydrogens (tertiary/aromatic N) is 3. The van der Waals surface area contributed by atoms with Crippen molar-refractivity contribution < 1.29 is 24.5 Å². The molecule has 5 aromatic carbocycles. The normalized spacial score (nSPS) is 12.4. The third-order valence-corrected chi connectivity index (χ3v) is 9.40. The molecule has 4 aromatic heterocycles. The standard InChI is InChI=1S/C33H23N2O.C11H8N.Ir/c1-2-10-22(11-3-1)35-29-18-17-21-9-4-5-12-23(21)32(29)27-20-34-28(19-30(27)35)26-15-8-14-25-24-13-6-7-16-31(24)36-33(25)26;1-2-6-10(7-3-1)11-8-4-5-9-12-11;/h1-3,6-8,10-11,13-14,16-20H,4-5,9,12H2;1-6,8-9H;/q2*-1;. The van der Waals surface area contributed by atoms with E-state index in [9.17, 15) is 0 Å². The van der Waals surface area contributed by atoms with Crippen LogP contribution in [-0.2, 0) is 32.9 Å². The summed E-state index contributed by atoms with van der Waals surface area (Å²) in [6.07, 6.45) is 8.67. The van der Waals surface area contributed by atoms with Crippen LogP contribution in [0.25, 0.3) is 71.9 Å². The molecule has 1 aliphatic rings. The van der Waals surface area contributed by atoms with Crippen molar-refractivity contribution in [2.24, 2.45) is 0 Å². The average Bonchev–Trinajstić information content (AvgIpc) is 3.72. The van der Waals surface area contributed by atoms with E-state index in [0.717, 1.165) is 63.0 Å². The Labute approximate surface area is 298 Å². The Balaban J connectivity index is 0.000000228. The second kappa shape index (κ2) is 13.3. The van der Waals surface area contributed by atoms with Crippen molar-refractivity contribution in [3.8, 4) is 28.2 Å².